The van der Waals surface area contributed by atoms with E-state index in [0.717, 1.165) is 12.0 Å². The summed E-state index contributed by atoms with van der Waals surface area (Å²) in [6.45, 7) is 5.53. The van der Waals surface area contributed by atoms with Crippen molar-refractivity contribution >= 4 is 22.8 Å². The molecule has 7 heteroatoms. The lowest BCUT2D eigenvalue weighted by atomic mass is 10.0. The second-order valence-electron chi connectivity index (χ2n) is 6.61. The number of carbonyl (C=O) groups excluding carboxylic acids is 1. The van der Waals surface area contributed by atoms with Gasteiger partial charge in [0.25, 0.3) is 0 Å². The Morgan fingerprint density at radius 3 is 2.59 bits per heavy atom. The van der Waals surface area contributed by atoms with Gasteiger partial charge in [-0.15, -0.1) is 0 Å². The Bertz CT molecular complexity index is 915. The topological polar surface area (TPSA) is 106 Å². The number of aryl methyl sites for hydroxylation is 2. The number of carboxylic acids is 1. The lowest BCUT2D eigenvalue weighted by molar-refractivity contribution is -0.142. The van der Waals surface area contributed by atoms with Gasteiger partial charge in [-0.25, -0.2) is 9.59 Å². The Balaban J connectivity index is 2.35. The van der Waals surface area contributed by atoms with E-state index in [0.29, 0.717) is 35.1 Å². The third-order valence-electron chi connectivity index (χ3n) is 4.52. The van der Waals surface area contributed by atoms with Crippen molar-refractivity contribution in [3.05, 3.63) is 39.2 Å². The Labute approximate surface area is 157 Å². The first-order valence-corrected chi connectivity index (χ1v) is 8.91. The van der Waals surface area contributed by atoms with E-state index in [2.05, 4.69) is 5.32 Å². The van der Waals surface area contributed by atoms with Crippen LogP contribution in [0.15, 0.2) is 21.3 Å². The van der Waals surface area contributed by atoms with Gasteiger partial charge in [-0.1, -0.05) is 19.8 Å². The number of rotatable bonds is 8. The first-order valence-electron chi connectivity index (χ1n) is 8.91. The molecule has 2 aromatic rings. The van der Waals surface area contributed by atoms with Crippen LogP contribution >= 0.6 is 0 Å². The summed E-state index contributed by atoms with van der Waals surface area (Å²) in [6.07, 6.45) is 1.60. The van der Waals surface area contributed by atoms with E-state index in [4.69, 9.17) is 9.15 Å². The molecule has 1 heterocycles. The van der Waals surface area contributed by atoms with Crippen LogP contribution in [-0.2, 0) is 16.0 Å². The van der Waals surface area contributed by atoms with E-state index in [9.17, 15) is 19.5 Å². The number of ether oxygens (including phenoxy) is 1. The number of unbranched alkanes of at least 4 members (excludes halogenated alkanes) is 1. The molecule has 0 fully saturated rings. The minimum Gasteiger partial charge on any atom is -0.496 e. The zero-order valence-corrected chi connectivity index (χ0v) is 16.0. The summed E-state index contributed by atoms with van der Waals surface area (Å²) in [5, 5.41) is 12.4. The monoisotopic (exact) mass is 375 g/mol. The highest BCUT2D eigenvalue weighted by Crippen LogP contribution is 2.30. The molecule has 1 atom stereocenters. The quantitative estimate of drug-likeness (QED) is 0.687. The second-order valence-corrected chi connectivity index (χ2v) is 6.61. The number of hydrogen-bond acceptors (Lipinski definition) is 5. The van der Waals surface area contributed by atoms with Crippen molar-refractivity contribution in [3.63, 3.8) is 0 Å². The Hall–Kier alpha value is -2.83. The molecule has 1 aromatic carbocycles. The molecule has 27 heavy (non-hydrogen) atoms. The van der Waals surface area contributed by atoms with Crippen LogP contribution in [0.4, 0.5) is 0 Å². The summed E-state index contributed by atoms with van der Waals surface area (Å²) >= 11 is 0. The molecule has 146 valence electrons. The Kier molecular flexibility index (Phi) is 6.60. The first-order chi connectivity index (χ1) is 12.8. The van der Waals surface area contributed by atoms with Gasteiger partial charge in [0.15, 0.2) is 0 Å². The second kappa shape index (κ2) is 8.70. The summed E-state index contributed by atoms with van der Waals surface area (Å²) in [5.74, 6) is -1.06. The maximum Gasteiger partial charge on any atom is 0.340 e. The maximum absolute atomic E-state index is 12.4. The smallest absolute Gasteiger partial charge is 0.340 e. The molecular weight excluding hydrogens is 350 g/mol. The molecule has 0 bridgehead atoms. The van der Waals surface area contributed by atoms with E-state index in [-0.39, 0.29) is 12.0 Å². The number of aliphatic carboxylic acids is 1. The molecule has 7 nitrogen and oxygen atoms in total. The number of methoxy groups -OCH3 is 1. The predicted octanol–water partition coefficient (Wildman–Crippen LogP) is 2.72. The molecule has 2 N–H and O–H groups in total. The van der Waals surface area contributed by atoms with Gasteiger partial charge in [0.05, 0.1) is 24.5 Å². The third kappa shape index (κ3) is 4.67. The summed E-state index contributed by atoms with van der Waals surface area (Å²) in [6, 6.07) is 2.59. The van der Waals surface area contributed by atoms with Crippen molar-refractivity contribution in [1.29, 1.82) is 0 Å². The third-order valence-corrected chi connectivity index (χ3v) is 4.52. The molecular formula is C20H25NO6. The van der Waals surface area contributed by atoms with E-state index >= 15 is 0 Å². The van der Waals surface area contributed by atoms with Crippen molar-refractivity contribution < 1.29 is 23.8 Å². The number of carbonyl (C=O) groups is 2. The zero-order chi connectivity index (χ0) is 20.1. The van der Waals surface area contributed by atoms with E-state index in [1.165, 1.54) is 7.11 Å². The van der Waals surface area contributed by atoms with Gasteiger partial charge in [-0.2, -0.15) is 0 Å². The number of fused-ring (bicyclic) bond motifs is 1. The van der Waals surface area contributed by atoms with Gasteiger partial charge in [0, 0.05) is 0 Å². The van der Waals surface area contributed by atoms with Crippen LogP contribution in [0, 0.1) is 13.8 Å². The molecule has 0 radical (unpaired) electrons. The van der Waals surface area contributed by atoms with Crippen LogP contribution in [0.25, 0.3) is 11.0 Å². The van der Waals surface area contributed by atoms with E-state index in [1.807, 2.05) is 19.9 Å². The van der Waals surface area contributed by atoms with Crippen LogP contribution in [-0.4, -0.2) is 30.1 Å². The predicted molar refractivity (Wildman–Crippen MR) is 101 cm³/mol. The molecule has 0 saturated carbocycles. The average molecular weight is 375 g/mol. The van der Waals surface area contributed by atoms with Gasteiger partial charge < -0.3 is 19.6 Å². The van der Waals surface area contributed by atoms with Crippen LogP contribution in [0.1, 0.15) is 42.9 Å². The molecule has 0 aliphatic heterocycles. The highest BCUT2D eigenvalue weighted by atomic mass is 16.5. The molecule has 0 saturated heterocycles. The lowest BCUT2D eigenvalue weighted by Crippen LogP contribution is -2.42. The van der Waals surface area contributed by atoms with Gasteiger partial charge >= 0.3 is 11.6 Å². The van der Waals surface area contributed by atoms with E-state index in [1.54, 1.807) is 13.0 Å². The number of hydrogen-bond donors (Lipinski definition) is 2. The molecule has 1 unspecified atom stereocenters. The number of nitrogens with one attached hydrogen (secondary N) is 1. The largest absolute Gasteiger partial charge is 0.496 e. The summed E-state index contributed by atoms with van der Waals surface area (Å²) in [5.41, 5.74) is 1.45. The van der Waals surface area contributed by atoms with Crippen LogP contribution in [0.2, 0.25) is 0 Å². The number of benzene rings is 1. The van der Waals surface area contributed by atoms with Crippen molar-refractivity contribution in [2.45, 2.75) is 52.5 Å². The van der Waals surface area contributed by atoms with Crippen molar-refractivity contribution in [3.8, 4) is 5.75 Å². The van der Waals surface area contributed by atoms with Crippen molar-refractivity contribution in [2.75, 3.05) is 7.11 Å². The molecule has 1 amide bonds. The van der Waals surface area contributed by atoms with Crippen LogP contribution < -0.4 is 15.7 Å². The standard InChI is InChI=1S/C20H25NO6/c1-5-6-7-14(19(23)24)21-17(22)10-13-12(3)18-15(26-4)8-11(2)9-16(18)27-20(13)25/h8-9,14H,5-7,10H2,1-4H3,(H,21,22)(H,23,24). The Morgan fingerprint density at radius 1 is 1.30 bits per heavy atom. The molecule has 0 aliphatic rings. The van der Waals surface area contributed by atoms with Gasteiger partial charge in [0.2, 0.25) is 5.91 Å². The van der Waals surface area contributed by atoms with E-state index < -0.39 is 23.5 Å². The highest BCUT2D eigenvalue weighted by molar-refractivity contribution is 5.90. The SMILES string of the molecule is CCCCC(NC(=O)Cc1c(C)c2c(OC)cc(C)cc2oc1=O)C(=O)O. The fourth-order valence-electron chi connectivity index (χ4n) is 3.07. The summed E-state index contributed by atoms with van der Waals surface area (Å²) < 4.78 is 10.8. The normalized spacial score (nSPS) is 12.0. The van der Waals surface area contributed by atoms with Gasteiger partial charge in [-0.3, -0.25) is 4.79 Å². The number of amides is 1. The van der Waals surface area contributed by atoms with Crippen molar-refractivity contribution in [1.82, 2.24) is 5.32 Å². The van der Waals surface area contributed by atoms with Crippen LogP contribution in [0.3, 0.4) is 0 Å². The number of carboxylic acid groups (broad SMARTS) is 1. The maximum atomic E-state index is 12.4. The summed E-state index contributed by atoms with van der Waals surface area (Å²) in [4.78, 5) is 36.0. The van der Waals surface area contributed by atoms with Gasteiger partial charge in [-0.05, 0) is 43.5 Å². The van der Waals surface area contributed by atoms with Crippen molar-refractivity contribution in [2.24, 2.45) is 0 Å². The van der Waals surface area contributed by atoms with Gasteiger partial charge in [0.1, 0.15) is 17.4 Å². The van der Waals surface area contributed by atoms with Crippen LogP contribution in [0.5, 0.6) is 5.75 Å². The molecule has 0 aliphatic carbocycles. The Morgan fingerprint density at radius 2 is 2.00 bits per heavy atom. The first kappa shape index (κ1) is 20.5. The summed E-state index contributed by atoms with van der Waals surface area (Å²) in [7, 11) is 1.52. The fraction of sp³-hybridized carbons (Fsp3) is 0.450. The minimum absolute atomic E-state index is 0.196. The molecule has 2 rings (SSSR count). The molecule has 1 aromatic heterocycles. The molecule has 0 spiro atoms. The highest BCUT2D eigenvalue weighted by Gasteiger charge is 2.22. The average Bonchev–Trinajstić information content (AvgIpc) is 2.60. The fourth-order valence-corrected chi connectivity index (χ4v) is 3.07. The lowest BCUT2D eigenvalue weighted by Gasteiger charge is -2.15. The minimum atomic E-state index is -1.09. The zero-order valence-electron chi connectivity index (χ0n) is 16.0.